The van der Waals surface area contributed by atoms with Gasteiger partial charge in [0.1, 0.15) is 11.5 Å². The van der Waals surface area contributed by atoms with Crippen LogP contribution < -0.4 is 14.8 Å². The number of aryl methyl sites for hydroxylation is 1. The number of rotatable bonds is 8. The predicted octanol–water partition coefficient (Wildman–Crippen LogP) is 3.00. The molecule has 0 atom stereocenters. The van der Waals surface area contributed by atoms with Crippen molar-refractivity contribution in [3.8, 4) is 23.0 Å². The van der Waals surface area contributed by atoms with Crippen LogP contribution in [-0.4, -0.2) is 30.3 Å². The van der Waals surface area contributed by atoms with E-state index < -0.39 is 0 Å². The smallest absolute Gasteiger partial charge is 0.251 e. The second-order valence-corrected chi connectivity index (χ2v) is 5.83. The third-order valence-electron chi connectivity index (χ3n) is 4.04. The number of amides is 1. The zero-order chi connectivity index (χ0) is 19.1. The van der Waals surface area contributed by atoms with Crippen molar-refractivity contribution >= 4 is 5.91 Å². The van der Waals surface area contributed by atoms with E-state index in [1.165, 1.54) is 0 Å². The number of nitrogens with zero attached hydrogens (tertiary/aromatic N) is 2. The van der Waals surface area contributed by atoms with E-state index in [9.17, 15) is 4.79 Å². The molecule has 1 N–H and O–H groups in total. The molecule has 1 amide bonds. The number of methoxy groups -OCH3 is 2. The van der Waals surface area contributed by atoms with Crippen LogP contribution in [-0.2, 0) is 17.8 Å². The minimum atomic E-state index is -0.0807. The van der Waals surface area contributed by atoms with Crippen molar-refractivity contribution in [2.24, 2.45) is 0 Å². The van der Waals surface area contributed by atoms with Gasteiger partial charge in [0.05, 0.1) is 26.3 Å². The van der Waals surface area contributed by atoms with Crippen molar-refractivity contribution in [2.75, 3.05) is 14.2 Å². The Morgan fingerprint density at radius 3 is 2.56 bits per heavy atom. The minimum Gasteiger partial charge on any atom is -0.497 e. The van der Waals surface area contributed by atoms with Crippen LogP contribution in [0.1, 0.15) is 17.9 Å². The molecule has 1 aromatic heterocycles. The molecule has 0 saturated heterocycles. The van der Waals surface area contributed by atoms with Crippen LogP contribution in [0.3, 0.4) is 0 Å². The summed E-state index contributed by atoms with van der Waals surface area (Å²) in [4.78, 5) is 12.0. The molecule has 7 heteroatoms. The molecule has 0 bridgehead atoms. The molecular formula is C20H21N3O4. The lowest BCUT2D eigenvalue weighted by molar-refractivity contribution is -0.121. The lowest BCUT2D eigenvalue weighted by atomic mass is 10.1. The van der Waals surface area contributed by atoms with Gasteiger partial charge in [-0.15, -0.1) is 10.2 Å². The summed E-state index contributed by atoms with van der Waals surface area (Å²) in [5.74, 6) is 2.06. The summed E-state index contributed by atoms with van der Waals surface area (Å²) in [6, 6.07) is 15.0. The average molecular weight is 367 g/mol. The van der Waals surface area contributed by atoms with Gasteiger partial charge in [0.2, 0.25) is 11.8 Å². The van der Waals surface area contributed by atoms with E-state index in [1.54, 1.807) is 14.2 Å². The molecule has 140 valence electrons. The number of aromatic nitrogens is 2. The summed E-state index contributed by atoms with van der Waals surface area (Å²) in [5.41, 5.74) is 1.78. The van der Waals surface area contributed by atoms with Gasteiger partial charge in [-0.1, -0.05) is 24.3 Å². The number of para-hydroxylation sites is 1. The Morgan fingerprint density at radius 2 is 1.81 bits per heavy atom. The van der Waals surface area contributed by atoms with Gasteiger partial charge in [0.25, 0.3) is 5.89 Å². The Kier molecular flexibility index (Phi) is 6.04. The summed E-state index contributed by atoms with van der Waals surface area (Å²) >= 11 is 0. The van der Waals surface area contributed by atoms with Crippen molar-refractivity contribution < 1.29 is 18.7 Å². The maximum absolute atomic E-state index is 12.0. The first-order chi connectivity index (χ1) is 13.2. The van der Waals surface area contributed by atoms with Crippen LogP contribution >= 0.6 is 0 Å². The summed E-state index contributed by atoms with van der Waals surface area (Å²) < 4.78 is 16.0. The SMILES string of the molecule is COc1ccc(CCC(=O)NCc2nnc(-c3ccccc3OC)o2)cc1. The number of carbonyl (C=O) groups excluding carboxylic acids is 1. The number of nitrogens with one attached hydrogen (secondary N) is 1. The highest BCUT2D eigenvalue weighted by atomic mass is 16.5. The van der Waals surface area contributed by atoms with Gasteiger partial charge in [-0.2, -0.15) is 0 Å². The van der Waals surface area contributed by atoms with Gasteiger partial charge in [0, 0.05) is 6.42 Å². The fourth-order valence-electron chi connectivity index (χ4n) is 2.57. The molecule has 27 heavy (non-hydrogen) atoms. The first-order valence-corrected chi connectivity index (χ1v) is 8.55. The Hall–Kier alpha value is -3.35. The van der Waals surface area contributed by atoms with Gasteiger partial charge in [-0.05, 0) is 36.2 Å². The number of ether oxygens (including phenoxy) is 2. The van der Waals surface area contributed by atoms with E-state index in [1.807, 2.05) is 48.5 Å². The fraction of sp³-hybridized carbons (Fsp3) is 0.250. The molecule has 0 unspecified atom stereocenters. The normalized spacial score (nSPS) is 10.4. The quantitative estimate of drug-likeness (QED) is 0.659. The molecule has 0 aliphatic rings. The standard InChI is InChI=1S/C20H21N3O4/c1-25-15-10-7-14(8-11-15)9-12-18(24)21-13-19-22-23-20(27-19)16-5-3-4-6-17(16)26-2/h3-8,10-11H,9,12-13H2,1-2H3,(H,21,24). The number of carbonyl (C=O) groups is 1. The summed E-state index contributed by atoms with van der Waals surface area (Å²) in [6.07, 6.45) is 1.02. The highest BCUT2D eigenvalue weighted by Crippen LogP contribution is 2.28. The van der Waals surface area contributed by atoms with Crippen molar-refractivity contribution in [3.63, 3.8) is 0 Å². The van der Waals surface area contributed by atoms with Crippen molar-refractivity contribution in [1.29, 1.82) is 0 Å². The maximum atomic E-state index is 12.0. The maximum Gasteiger partial charge on any atom is 0.251 e. The molecule has 0 aliphatic carbocycles. The van der Waals surface area contributed by atoms with Gasteiger partial charge in [0.15, 0.2) is 0 Å². The van der Waals surface area contributed by atoms with Gasteiger partial charge in [-0.3, -0.25) is 4.79 Å². The second-order valence-electron chi connectivity index (χ2n) is 5.83. The van der Waals surface area contributed by atoms with Crippen molar-refractivity contribution in [2.45, 2.75) is 19.4 Å². The molecule has 0 radical (unpaired) electrons. The lowest BCUT2D eigenvalue weighted by Crippen LogP contribution is -2.23. The molecule has 0 saturated carbocycles. The van der Waals surface area contributed by atoms with Crippen LogP contribution in [0, 0.1) is 0 Å². The first kappa shape index (κ1) is 18.4. The molecule has 3 rings (SSSR count). The number of hydrogen-bond donors (Lipinski definition) is 1. The number of hydrogen-bond acceptors (Lipinski definition) is 6. The third kappa shape index (κ3) is 4.84. The Labute approximate surface area is 157 Å². The van der Waals surface area contributed by atoms with E-state index in [2.05, 4.69) is 15.5 Å². The molecule has 3 aromatic rings. The molecule has 0 spiro atoms. The van der Waals surface area contributed by atoms with Crippen LogP contribution in [0.25, 0.3) is 11.5 Å². The monoisotopic (exact) mass is 367 g/mol. The highest BCUT2D eigenvalue weighted by Gasteiger charge is 2.13. The predicted molar refractivity (Wildman–Crippen MR) is 99.4 cm³/mol. The van der Waals surface area contributed by atoms with Gasteiger partial charge in [-0.25, -0.2) is 0 Å². The average Bonchev–Trinajstić information content (AvgIpc) is 3.20. The Morgan fingerprint density at radius 1 is 1.04 bits per heavy atom. The topological polar surface area (TPSA) is 86.5 Å². The third-order valence-corrected chi connectivity index (χ3v) is 4.04. The van der Waals surface area contributed by atoms with Crippen molar-refractivity contribution in [1.82, 2.24) is 15.5 Å². The molecular weight excluding hydrogens is 346 g/mol. The second kappa shape index (κ2) is 8.84. The van der Waals surface area contributed by atoms with E-state index in [0.29, 0.717) is 35.9 Å². The Bertz CT molecular complexity index is 890. The van der Waals surface area contributed by atoms with Gasteiger partial charge < -0.3 is 19.2 Å². The largest absolute Gasteiger partial charge is 0.497 e. The molecule has 2 aromatic carbocycles. The summed E-state index contributed by atoms with van der Waals surface area (Å²) in [6.45, 7) is 0.184. The zero-order valence-electron chi connectivity index (χ0n) is 15.3. The van der Waals surface area contributed by atoms with Crippen LogP contribution in [0.2, 0.25) is 0 Å². The lowest BCUT2D eigenvalue weighted by Gasteiger charge is -2.05. The fourth-order valence-corrected chi connectivity index (χ4v) is 2.57. The molecule has 0 aliphatic heterocycles. The van der Waals surface area contributed by atoms with E-state index in [-0.39, 0.29) is 12.5 Å². The summed E-state index contributed by atoms with van der Waals surface area (Å²) in [7, 11) is 3.21. The first-order valence-electron chi connectivity index (χ1n) is 8.55. The van der Waals surface area contributed by atoms with Crippen LogP contribution in [0.15, 0.2) is 52.9 Å². The van der Waals surface area contributed by atoms with E-state index in [4.69, 9.17) is 13.9 Å². The minimum absolute atomic E-state index is 0.0807. The van der Waals surface area contributed by atoms with Gasteiger partial charge >= 0.3 is 0 Å². The van der Waals surface area contributed by atoms with E-state index in [0.717, 1.165) is 11.3 Å². The molecule has 7 nitrogen and oxygen atoms in total. The molecule has 1 heterocycles. The number of benzene rings is 2. The highest BCUT2D eigenvalue weighted by molar-refractivity contribution is 5.76. The van der Waals surface area contributed by atoms with E-state index >= 15 is 0 Å². The van der Waals surface area contributed by atoms with Crippen LogP contribution in [0.5, 0.6) is 11.5 Å². The zero-order valence-corrected chi connectivity index (χ0v) is 15.3. The summed E-state index contributed by atoms with van der Waals surface area (Å²) in [5, 5.41) is 10.8. The van der Waals surface area contributed by atoms with Crippen LogP contribution in [0.4, 0.5) is 0 Å². The Balaban J connectivity index is 1.51. The van der Waals surface area contributed by atoms with Crippen molar-refractivity contribution in [3.05, 3.63) is 60.0 Å². The molecule has 0 fully saturated rings.